The molecule has 0 aliphatic carbocycles. The molecule has 0 aliphatic heterocycles. The quantitative estimate of drug-likeness (QED) is 0.182. The average molecular weight is 548 g/mol. The zero-order chi connectivity index (χ0) is 24.7. The number of carbonyl (C=O) groups excluding carboxylic acids is 2. The first kappa shape index (κ1) is 25.1. The molecule has 10 heteroatoms. The van der Waals surface area contributed by atoms with Gasteiger partial charge in [-0.3, -0.25) is 4.79 Å². The lowest BCUT2D eigenvalue weighted by Crippen LogP contribution is -2.18. The Kier molecular flexibility index (Phi) is 8.50. The molecule has 8 nitrogen and oxygen atoms in total. The number of nitrogens with zero attached hydrogens (tertiary/aromatic N) is 1. The third kappa shape index (κ3) is 5.86. The van der Waals surface area contributed by atoms with E-state index in [1.54, 1.807) is 42.5 Å². The molecule has 0 heterocycles. The van der Waals surface area contributed by atoms with Gasteiger partial charge in [-0.25, -0.2) is 10.2 Å². The first-order valence-corrected chi connectivity index (χ1v) is 10.9. The molecule has 0 unspecified atom stereocenters. The molecule has 0 bridgehead atoms. The number of rotatable bonds is 8. The number of hydrogen-bond donors (Lipinski definition) is 1. The second kappa shape index (κ2) is 11.5. The van der Waals surface area contributed by atoms with Crippen LogP contribution in [0.1, 0.15) is 26.3 Å². The van der Waals surface area contributed by atoms with Crippen LogP contribution in [0.3, 0.4) is 0 Å². The number of amides is 1. The van der Waals surface area contributed by atoms with E-state index in [9.17, 15) is 9.59 Å². The largest absolute Gasteiger partial charge is 0.493 e. The highest BCUT2D eigenvalue weighted by molar-refractivity contribution is 9.10. The molecular formula is C24H20BrClN2O6. The van der Waals surface area contributed by atoms with E-state index in [1.807, 2.05) is 0 Å². The maximum atomic E-state index is 12.6. The molecule has 0 fully saturated rings. The predicted molar refractivity (Wildman–Crippen MR) is 132 cm³/mol. The molecule has 0 spiro atoms. The number of nitrogens with one attached hydrogen (secondary N) is 1. The molecule has 3 aromatic rings. The van der Waals surface area contributed by atoms with Gasteiger partial charge in [0.25, 0.3) is 5.91 Å². The highest BCUT2D eigenvalue weighted by Crippen LogP contribution is 2.38. The third-order valence-electron chi connectivity index (χ3n) is 4.56. The molecule has 0 saturated heterocycles. The zero-order valence-electron chi connectivity index (χ0n) is 18.4. The summed E-state index contributed by atoms with van der Waals surface area (Å²) in [6, 6.07) is 14.6. The van der Waals surface area contributed by atoms with E-state index >= 15 is 0 Å². The van der Waals surface area contributed by atoms with Gasteiger partial charge in [0, 0.05) is 15.6 Å². The van der Waals surface area contributed by atoms with Crippen molar-refractivity contribution in [3.8, 4) is 23.0 Å². The standard InChI is InChI=1S/C24H20BrClN2O6/c1-31-20-11-14(12-21(32-2)22(20)33-3)23(29)28-27-13-15-10-16(25)8-9-19(15)34-24(30)17-6-4-5-7-18(17)26/h4-13H,1-3H3,(H,28,29)/b27-13+. The molecule has 1 amide bonds. The highest BCUT2D eigenvalue weighted by atomic mass is 79.9. The Balaban J connectivity index is 1.80. The van der Waals surface area contributed by atoms with Crippen molar-refractivity contribution in [2.24, 2.45) is 5.10 Å². The maximum absolute atomic E-state index is 12.6. The molecule has 34 heavy (non-hydrogen) atoms. The number of hydrogen-bond acceptors (Lipinski definition) is 7. The first-order valence-electron chi connectivity index (χ1n) is 9.77. The second-order valence-electron chi connectivity index (χ2n) is 6.66. The van der Waals surface area contributed by atoms with Crippen molar-refractivity contribution in [1.82, 2.24) is 5.43 Å². The Bertz CT molecular complexity index is 1220. The Morgan fingerprint density at radius 3 is 2.24 bits per heavy atom. The SMILES string of the molecule is COc1cc(C(=O)N/N=C/c2cc(Br)ccc2OC(=O)c2ccccc2Cl)cc(OC)c1OC. The Morgan fingerprint density at radius 2 is 1.62 bits per heavy atom. The van der Waals surface area contributed by atoms with Gasteiger partial charge in [0.1, 0.15) is 5.75 Å². The topological polar surface area (TPSA) is 95.5 Å². The monoisotopic (exact) mass is 546 g/mol. The molecule has 176 valence electrons. The molecule has 0 atom stereocenters. The normalized spacial score (nSPS) is 10.6. The van der Waals surface area contributed by atoms with Gasteiger partial charge < -0.3 is 18.9 Å². The van der Waals surface area contributed by atoms with E-state index in [4.69, 9.17) is 30.5 Å². The van der Waals surface area contributed by atoms with Gasteiger partial charge in [0.05, 0.1) is 38.1 Å². The van der Waals surface area contributed by atoms with E-state index in [-0.39, 0.29) is 21.9 Å². The van der Waals surface area contributed by atoms with Crippen molar-refractivity contribution < 1.29 is 28.5 Å². The Hall–Kier alpha value is -3.56. The van der Waals surface area contributed by atoms with Crippen molar-refractivity contribution in [1.29, 1.82) is 0 Å². The summed E-state index contributed by atoms with van der Waals surface area (Å²) in [5.41, 5.74) is 3.34. The van der Waals surface area contributed by atoms with Crippen LogP contribution in [0.15, 0.2) is 64.2 Å². The zero-order valence-corrected chi connectivity index (χ0v) is 20.8. The molecule has 1 N–H and O–H groups in total. The van der Waals surface area contributed by atoms with E-state index in [0.717, 1.165) is 4.47 Å². The van der Waals surface area contributed by atoms with Gasteiger partial charge in [-0.05, 0) is 42.5 Å². The summed E-state index contributed by atoms with van der Waals surface area (Å²) >= 11 is 9.45. The number of hydrazone groups is 1. The third-order valence-corrected chi connectivity index (χ3v) is 5.39. The minimum absolute atomic E-state index is 0.227. The number of benzene rings is 3. The van der Waals surface area contributed by atoms with Crippen LogP contribution in [0.25, 0.3) is 0 Å². The number of esters is 1. The Labute approximate surface area is 209 Å². The van der Waals surface area contributed by atoms with Crippen LogP contribution >= 0.6 is 27.5 Å². The molecular weight excluding hydrogens is 528 g/mol. The van der Waals surface area contributed by atoms with Crippen LogP contribution in [0.2, 0.25) is 5.02 Å². The van der Waals surface area contributed by atoms with Crippen LogP contribution < -0.4 is 24.4 Å². The minimum Gasteiger partial charge on any atom is -0.493 e. The summed E-state index contributed by atoms with van der Waals surface area (Å²) in [5.74, 6) is 0.126. The smallest absolute Gasteiger partial charge is 0.345 e. The van der Waals surface area contributed by atoms with E-state index < -0.39 is 11.9 Å². The number of methoxy groups -OCH3 is 3. The fourth-order valence-corrected chi connectivity index (χ4v) is 3.52. The highest BCUT2D eigenvalue weighted by Gasteiger charge is 2.17. The Morgan fingerprint density at radius 1 is 0.941 bits per heavy atom. The fourth-order valence-electron chi connectivity index (χ4n) is 2.93. The van der Waals surface area contributed by atoms with Gasteiger partial charge in [0.2, 0.25) is 5.75 Å². The molecule has 0 radical (unpaired) electrons. The summed E-state index contributed by atoms with van der Waals surface area (Å²) in [6.45, 7) is 0. The van der Waals surface area contributed by atoms with Gasteiger partial charge in [-0.15, -0.1) is 0 Å². The van der Waals surface area contributed by atoms with Gasteiger partial charge in [0.15, 0.2) is 11.5 Å². The van der Waals surface area contributed by atoms with E-state index in [1.165, 1.54) is 39.7 Å². The van der Waals surface area contributed by atoms with Gasteiger partial charge in [-0.2, -0.15) is 5.10 Å². The fraction of sp³-hybridized carbons (Fsp3) is 0.125. The van der Waals surface area contributed by atoms with Crippen molar-refractivity contribution >= 4 is 45.6 Å². The van der Waals surface area contributed by atoms with Gasteiger partial charge >= 0.3 is 5.97 Å². The number of ether oxygens (including phenoxy) is 4. The summed E-state index contributed by atoms with van der Waals surface area (Å²) in [5, 5.41) is 4.27. The van der Waals surface area contributed by atoms with Crippen LogP contribution in [0, 0.1) is 0 Å². The summed E-state index contributed by atoms with van der Waals surface area (Å²) in [6.07, 6.45) is 1.36. The van der Waals surface area contributed by atoms with Crippen LogP contribution in [0.4, 0.5) is 0 Å². The molecule has 3 aromatic carbocycles. The minimum atomic E-state index is -0.621. The van der Waals surface area contributed by atoms with E-state index in [0.29, 0.717) is 22.8 Å². The van der Waals surface area contributed by atoms with Crippen LogP contribution in [-0.2, 0) is 0 Å². The average Bonchev–Trinajstić information content (AvgIpc) is 2.84. The van der Waals surface area contributed by atoms with Crippen molar-refractivity contribution in [3.05, 3.63) is 80.8 Å². The first-order chi connectivity index (χ1) is 16.4. The van der Waals surface area contributed by atoms with E-state index in [2.05, 4.69) is 26.5 Å². The van der Waals surface area contributed by atoms with Crippen LogP contribution in [-0.4, -0.2) is 39.4 Å². The molecule has 0 aromatic heterocycles. The maximum Gasteiger partial charge on any atom is 0.345 e. The number of carbonyl (C=O) groups is 2. The lowest BCUT2D eigenvalue weighted by atomic mass is 10.1. The molecule has 0 saturated carbocycles. The molecule has 0 aliphatic rings. The summed E-state index contributed by atoms with van der Waals surface area (Å²) in [7, 11) is 4.38. The van der Waals surface area contributed by atoms with Crippen molar-refractivity contribution in [3.63, 3.8) is 0 Å². The predicted octanol–water partition coefficient (Wildman–Crippen LogP) is 5.11. The second-order valence-corrected chi connectivity index (χ2v) is 7.99. The molecule has 3 rings (SSSR count). The lowest BCUT2D eigenvalue weighted by molar-refractivity contribution is 0.0734. The number of halogens is 2. The van der Waals surface area contributed by atoms with Crippen LogP contribution in [0.5, 0.6) is 23.0 Å². The van der Waals surface area contributed by atoms with Gasteiger partial charge in [-0.1, -0.05) is 39.7 Å². The summed E-state index contributed by atoms with van der Waals surface area (Å²) < 4.78 is 22.0. The summed E-state index contributed by atoms with van der Waals surface area (Å²) in [4.78, 5) is 25.2. The lowest BCUT2D eigenvalue weighted by Gasteiger charge is -2.13. The van der Waals surface area contributed by atoms with Crippen molar-refractivity contribution in [2.75, 3.05) is 21.3 Å². The van der Waals surface area contributed by atoms with Crippen molar-refractivity contribution in [2.45, 2.75) is 0 Å².